The molecular weight excluding hydrogens is 919 g/mol. The molecule has 0 spiro atoms. The average molecular weight is 997 g/mol. The molecule has 368 valence electrons. The van der Waals surface area contributed by atoms with Gasteiger partial charge in [0, 0.05) is 46.9 Å². The molecule has 0 amide bonds. The molecule has 12 heteroatoms. The molecular formula is C55H78CrO9P2. The summed E-state index contributed by atoms with van der Waals surface area (Å²) in [6, 6.07) is 16.9. The summed E-state index contributed by atoms with van der Waals surface area (Å²) in [5.41, 5.74) is 12.3. The van der Waals surface area contributed by atoms with Crippen LogP contribution in [0.3, 0.4) is 0 Å². The molecule has 2 unspecified atom stereocenters. The Bertz CT molecular complexity index is 2420. The van der Waals surface area contributed by atoms with Crippen LogP contribution in [0.25, 0.3) is 0 Å². The molecule has 0 bridgehead atoms. The molecule has 0 saturated heterocycles. The van der Waals surface area contributed by atoms with Gasteiger partial charge >= 0.3 is 15.6 Å². The Kier molecular flexibility index (Phi) is 17.6. The fourth-order valence-corrected chi connectivity index (χ4v) is 13.5. The molecule has 4 aromatic carbocycles. The molecule has 4 aliphatic rings. The van der Waals surface area contributed by atoms with Crippen molar-refractivity contribution in [2.75, 3.05) is 0 Å². The third-order valence-electron chi connectivity index (χ3n) is 14.9. The van der Waals surface area contributed by atoms with Gasteiger partial charge in [0.25, 0.3) is 0 Å². The summed E-state index contributed by atoms with van der Waals surface area (Å²) in [7, 11) is -8.72. The van der Waals surface area contributed by atoms with Crippen LogP contribution < -0.4 is 18.1 Å². The van der Waals surface area contributed by atoms with Gasteiger partial charge in [-0.1, -0.05) is 171 Å². The minimum atomic E-state index is -4.37. The summed E-state index contributed by atoms with van der Waals surface area (Å²) >= 11 is 0. The zero-order valence-corrected chi connectivity index (χ0v) is 45.2. The summed E-state index contributed by atoms with van der Waals surface area (Å²) in [6.07, 6.45) is 16.7. The summed E-state index contributed by atoms with van der Waals surface area (Å²) in [6.45, 7) is 23.7. The molecule has 2 atom stereocenters. The predicted molar refractivity (Wildman–Crippen MR) is 268 cm³/mol. The van der Waals surface area contributed by atoms with E-state index >= 15 is 0 Å². The SMILES string of the molecule is CCCC(C)c1cc(C)cc2c1OP(=O)(O)Oc1c(cc(C)cc1C(C)(C)CCC)C2.Cc1cc2c(c(C3(C)CCCCC3)c1)OP(=O)(O)Oc1c(cc(C)cc1C1(C)CCCCC1)C2.O.[Cr]. The van der Waals surface area contributed by atoms with Gasteiger partial charge < -0.3 is 23.6 Å². The summed E-state index contributed by atoms with van der Waals surface area (Å²) in [4.78, 5) is 21.8. The molecule has 8 rings (SSSR count). The number of phosphoric ester groups is 2. The van der Waals surface area contributed by atoms with Gasteiger partial charge in [0.2, 0.25) is 0 Å². The van der Waals surface area contributed by atoms with E-state index in [4.69, 9.17) is 18.1 Å². The molecule has 4 aromatic rings. The first-order valence-corrected chi connectivity index (χ1v) is 27.5. The van der Waals surface area contributed by atoms with Gasteiger partial charge in [0.1, 0.15) is 23.0 Å². The van der Waals surface area contributed by atoms with E-state index in [0.717, 1.165) is 107 Å². The maximum Gasteiger partial charge on any atom is 0.584 e. The van der Waals surface area contributed by atoms with E-state index in [-0.39, 0.29) is 45.0 Å². The van der Waals surface area contributed by atoms with E-state index in [0.29, 0.717) is 35.8 Å². The zero-order chi connectivity index (χ0) is 47.1. The van der Waals surface area contributed by atoms with Crippen molar-refractivity contribution in [1.82, 2.24) is 0 Å². The summed E-state index contributed by atoms with van der Waals surface area (Å²) in [5.74, 6) is 2.38. The minimum Gasteiger partial charge on any atom is -0.412 e. The first-order chi connectivity index (χ1) is 30.6. The van der Waals surface area contributed by atoms with Crippen molar-refractivity contribution in [3.8, 4) is 23.0 Å². The molecule has 0 aromatic heterocycles. The normalized spacial score (nSPS) is 20.6. The smallest absolute Gasteiger partial charge is 0.412 e. The second kappa shape index (κ2) is 21.5. The molecule has 2 heterocycles. The molecule has 4 N–H and O–H groups in total. The molecule has 2 fully saturated rings. The zero-order valence-electron chi connectivity index (χ0n) is 42.2. The average Bonchev–Trinajstić information content (AvgIpc) is 3.21. The number of phosphoric acid groups is 2. The van der Waals surface area contributed by atoms with Crippen LogP contribution in [0.15, 0.2) is 48.5 Å². The third-order valence-corrected chi connectivity index (χ3v) is 16.6. The number of aryl methyl sites for hydroxylation is 4. The van der Waals surface area contributed by atoms with Gasteiger partial charge in [-0.25, -0.2) is 9.13 Å². The van der Waals surface area contributed by atoms with Crippen molar-refractivity contribution in [3.05, 3.63) is 115 Å². The van der Waals surface area contributed by atoms with Crippen LogP contribution in [0.1, 0.15) is 211 Å². The van der Waals surface area contributed by atoms with Crippen LogP contribution in [0.2, 0.25) is 0 Å². The number of benzene rings is 4. The van der Waals surface area contributed by atoms with Crippen molar-refractivity contribution < 1.29 is 59.8 Å². The quantitative estimate of drug-likeness (QED) is 0.166. The Labute approximate surface area is 412 Å². The summed E-state index contributed by atoms with van der Waals surface area (Å²) in [5, 5.41) is 0. The topological polar surface area (TPSA) is 143 Å². The van der Waals surface area contributed by atoms with Crippen molar-refractivity contribution >= 4 is 15.6 Å². The van der Waals surface area contributed by atoms with E-state index in [2.05, 4.69) is 125 Å². The Hall–Kier alpha value is -3.05. The van der Waals surface area contributed by atoms with Crippen molar-refractivity contribution in [2.45, 2.75) is 201 Å². The van der Waals surface area contributed by atoms with E-state index in [9.17, 15) is 18.9 Å². The van der Waals surface area contributed by atoms with Crippen LogP contribution in [0, 0.1) is 27.7 Å². The Morgan fingerprint density at radius 3 is 1.39 bits per heavy atom. The second-order valence-corrected chi connectivity index (χ2v) is 24.1. The van der Waals surface area contributed by atoms with Gasteiger partial charge in [-0.3, -0.25) is 9.79 Å². The van der Waals surface area contributed by atoms with E-state index < -0.39 is 15.6 Å². The molecule has 0 radical (unpaired) electrons. The second-order valence-electron chi connectivity index (χ2n) is 21.5. The van der Waals surface area contributed by atoms with Crippen molar-refractivity contribution in [3.63, 3.8) is 0 Å². The predicted octanol–water partition coefficient (Wildman–Crippen LogP) is 15.1. The molecule has 9 nitrogen and oxygen atoms in total. The van der Waals surface area contributed by atoms with Gasteiger partial charge in [-0.05, 0) is 116 Å². The largest absolute Gasteiger partial charge is 0.584 e. The minimum absolute atomic E-state index is 0. The number of hydrogen-bond acceptors (Lipinski definition) is 6. The van der Waals surface area contributed by atoms with Crippen LogP contribution >= 0.6 is 15.6 Å². The first-order valence-electron chi connectivity index (χ1n) is 24.6. The summed E-state index contributed by atoms with van der Waals surface area (Å²) < 4.78 is 50.2. The molecule has 67 heavy (non-hydrogen) atoms. The van der Waals surface area contributed by atoms with E-state index in [1.165, 1.54) is 49.7 Å². The monoisotopic (exact) mass is 996 g/mol. The van der Waals surface area contributed by atoms with E-state index in [1.54, 1.807) is 0 Å². The van der Waals surface area contributed by atoms with Gasteiger partial charge in [0.15, 0.2) is 0 Å². The first kappa shape index (κ1) is 54.9. The van der Waals surface area contributed by atoms with Crippen molar-refractivity contribution in [1.29, 1.82) is 0 Å². The van der Waals surface area contributed by atoms with E-state index in [1.807, 2.05) is 0 Å². The standard InChI is InChI=1S/C29H39O4P.C26H37O4P.Cr.H2O/c1-20-15-22-19-23-16-21(2)18-25(29(4)13-9-6-10-14-29)27(23)33-34(30,31)32-26(22)24(17-20)28(3)11-7-5-8-12-28;1-8-10-19(5)22-14-17(3)12-20-16-21-13-18(4)15-23(26(6,7)11-9-2)25(21)30-31(27,28)29-24(20)22;;/h15-18H,5-14,19H2,1-4H3,(H,30,31);12-15,19H,8-11,16H2,1-7H3,(H,27,28);;1H2. The van der Waals surface area contributed by atoms with Gasteiger partial charge in [0.05, 0.1) is 0 Å². The van der Waals surface area contributed by atoms with Crippen LogP contribution in [-0.2, 0) is 55.6 Å². The van der Waals surface area contributed by atoms with Crippen LogP contribution in [0.5, 0.6) is 23.0 Å². The molecule has 2 aliphatic carbocycles. The number of hydrogen-bond donors (Lipinski definition) is 2. The Morgan fingerprint density at radius 1 is 0.582 bits per heavy atom. The molecule has 2 saturated carbocycles. The van der Waals surface area contributed by atoms with Crippen LogP contribution in [-0.4, -0.2) is 15.3 Å². The van der Waals surface area contributed by atoms with Gasteiger partial charge in [-0.15, -0.1) is 0 Å². The van der Waals surface area contributed by atoms with Crippen LogP contribution in [0.4, 0.5) is 0 Å². The Morgan fingerprint density at radius 2 is 0.955 bits per heavy atom. The maximum absolute atomic E-state index is 13.5. The number of rotatable bonds is 8. The van der Waals surface area contributed by atoms with Crippen molar-refractivity contribution in [2.24, 2.45) is 0 Å². The van der Waals surface area contributed by atoms with Gasteiger partial charge in [-0.2, -0.15) is 0 Å². The fraction of sp³-hybridized carbons (Fsp3) is 0.564. The number of fused-ring (bicyclic) bond motifs is 4. The Balaban J connectivity index is 0.000000245. The maximum atomic E-state index is 13.5. The third kappa shape index (κ3) is 12.3. The fourth-order valence-electron chi connectivity index (χ4n) is 11.6. The molecule has 2 aliphatic heterocycles.